The largest absolute Gasteiger partial charge is 0.444 e. The van der Waals surface area contributed by atoms with Crippen LogP contribution in [0.3, 0.4) is 0 Å². The maximum atomic E-state index is 11.8. The van der Waals surface area contributed by atoms with Crippen molar-refractivity contribution in [1.82, 2.24) is 5.32 Å². The first-order chi connectivity index (χ1) is 8.28. The van der Waals surface area contributed by atoms with Crippen molar-refractivity contribution in [2.45, 2.75) is 45.8 Å². The number of nitrogens with one attached hydrogen (secondary N) is 1. The molecule has 1 amide bonds. The van der Waals surface area contributed by atoms with Crippen LogP contribution in [0.25, 0.3) is 0 Å². The maximum absolute atomic E-state index is 11.8. The molecule has 0 spiro atoms. The Morgan fingerprint density at radius 1 is 1.44 bits per heavy atom. The molecule has 0 aliphatic rings. The fraction of sp³-hybridized carbons (Fsp3) is 0.538. The minimum atomic E-state index is -0.561. The molecule has 5 heteroatoms. The normalized spacial score (nSPS) is 12.9. The van der Waals surface area contributed by atoms with Crippen LogP contribution in [0.1, 0.15) is 32.6 Å². The Morgan fingerprint density at radius 3 is 2.61 bits per heavy atom. The number of alkyl carbamates (subject to hydrolysis) is 1. The van der Waals surface area contributed by atoms with Crippen LogP contribution in [-0.4, -0.2) is 23.5 Å². The van der Waals surface area contributed by atoms with Gasteiger partial charge in [0.05, 0.1) is 6.04 Å². The van der Waals surface area contributed by atoms with Crippen LogP contribution in [0.2, 0.25) is 0 Å². The van der Waals surface area contributed by atoms with Gasteiger partial charge in [-0.2, -0.15) is 0 Å². The zero-order chi connectivity index (χ0) is 13.8. The van der Waals surface area contributed by atoms with Crippen LogP contribution >= 0.6 is 11.3 Å². The van der Waals surface area contributed by atoms with Gasteiger partial charge in [-0.15, -0.1) is 11.3 Å². The molecule has 1 aromatic rings. The van der Waals surface area contributed by atoms with Crippen molar-refractivity contribution in [2.24, 2.45) is 0 Å². The summed E-state index contributed by atoms with van der Waals surface area (Å²) in [5, 5.41) is 4.47. The summed E-state index contributed by atoms with van der Waals surface area (Å²) in [6.45, 7) is 7.01. The van der Waals surface area contributed by atoms with E-state index in [9.17, 15) is 9.59 Å². The van der Waals surface area contributed by atoms with E-state index in [1.54, 1.807) is 27.7 Å². The van der Waals surface area contributed by atoms with Gasteiger partial charge < -0.3 is 10.1 Å². The number of ketones is 1. The van der Waals surface area contributed by atoms with Gasteiger partial charge >= 0.3 is 6.09 Å². The number of hydrogen-bond acceptors (Lipinski definition) is 4. The number of carbonyl (C=O) groups is 2. The lowest BCUT2D eigenvalue weighted by Gasteiger charge is -2.21. The van der Waals surface area contributed by atoms with Crippen molar-refractivity contribution in [3.8, 4) is 0 Å². The van der Waals surface area contributed by atoms with Crippen LogP contribution in [0.4, 0.5) is 4.79 Å². The Labute approximate surface area is 111 Å². The summed E-state index contributed by atoms with van der Waals surface area (Å²) in [6, 6.07) is 3.27. The summed E-state index contributed by atoms with van der Waals surface area (Å²) in [4.78, 5) is 24.3. The minimum absolute atomic E-state index is 0.0247. The molecule has 0 unspecified atom stereocenters. The summed E-state index contributed by atoms with van der Waals surface area (Å²) in [5.41, 5.74) is -0.555. The first-order valence-corrected chi connectivity index (χ1v) is 6.70. The van der Waals surface area contributed by atoms with E-state index < -0.39 is 17.7 Å². The summed E-state index contributed by atoms with van der Waals surface area (Å²) < 4.78 is 5.09. The summed E-state index contributed by atoms with van der Waals surface area (Å²) in [7, 11) is 0. The summed E-state index contributed by atoms with van der Waals surface area (Å²) >= 11 is 1.53. The average molecular weight is 269 g/mol. The van der Waals surface area contributed by atoms with Gasteiger partial charge in [0.1, 0.15) is 5.60 Å². The van der Waals surface area contributed by atoms with Crippen LogP contribution in [0.15, 0.2) is 17.5 Å². The van der Waals surface area contributed by atoms with Gasteiger partial charge in [0.25, 0.3) is 0 Å². The van der Waals surface area contributed by atoms with E-state index in [0.717, 1.165) is 4.88 Å². The average Bonchev–Trinajstić information content (AvgIpc) is 2.66. The number of carbonyl (C=O) groups excluding carboxylic acids is 2. The van der Waals surface area contributed by atoms with Crippen molar-refractivity contribution in [1.29, 1.82) is 0 Å². The predicted octanol–water partition coefficient (Wildman–Crippen LogP) is 2.77. The van der Waals surface area contributed by atoms with Gasteiger partial charge in [0.15, 0.2) is 5.78 Å². The first-order valence-electron chi connectivity index (χ1n) is 5.82. The van der Waals surface area contributed by atoms with Crippen molar-refractivity contribution in [2.75, 3.05) is 0 Å². The van der Waals surface area contributed by atoms with Crippen LogP contribution in [-0.2, 0) is 16.0 Å². The van der Waals surface area contributed by atoms with E-state index in [4.69, 9.17) is 4.74 Å². The highest BCUT2D eigenvalue weighted by molar-refractivity contribution is 7.10. The van der Waals surface area contributed by atoms with Gasteiger partial charge in [-0.25, -0.2) is 4.79 Å². The second-order valence-electron chi connectivity index (χ2n) is 5.09. The minimum Gasteiger partial charge on any atom is -0.444 e. The molecule has 4 nitrogen and oxygen atoms in total. The predicted molar refractivity (Wildman–Crippen MR) is 71.9 cm³/mol. The van der Waals surface area contributed by atoms with Gasteiger partial charge in [-0.05, 0) is 39.1 Å². The highest BCUT2D eigenvalue weighted by Gasteiger charge is 2.21. The molecule has 1 N–H and O–H groups in total. The van der Waals surface area contributed by atoms with Crippen molar-refractivity contribution < 1.29 is 14.3 Å². The van der Waals surface area contributed by atoms with E-state index in [1.165, 1.54) is 11.3 Å². The summed E-state index contributed by atoms with van der Waals surface area (Å²) in [5.74, 6) is -0.0247. The smallest absolute Gasteiger partial charge is 0.408 e. The SMILES string of the molecule is C[C@H](NC(=O)OC(C)(C)C)C(=O)Cc1cccs1. The Bertz CT molecular complexity index is 406. The van der Waals surface area contributed by atoms with E-state index in [2.05, 4.69) is 5.32 Å². The lowest BCUT2D eigenvalue weighted by Crippen LogP contribution is -2.42. The molecule has 0 bridgehead atoms. The molecule has 0 radical (unpaired) electrons. The van der Waals surface area contributed by atoms with E-state index >= 15 is 0 Å². The highest BCUT2D eigenvalue weighted by atomic mass is 32.1. The zero-order valence-corrected chi connectivity index (χ0v) is 12.0. The number of rotatable bonds is 4. The molecule has 0 aliphatic carbocycles. The quantitative estimate of drug-likeness (QED) is 0.914. The standard InChI is InChI=1S/C13H19NO3S/c1-9(14-12(16)17-13(2,3)4)11(15)8-10-6-5-7-18-10/h5-7,9H,8H2,1-4H3,(H,14,16)/t9-/m0/s1. The third-order valence-electron chi connectivity index (χ3n) is 2.14. The number of Topliss-reactive ketones (excluding diaryl/α,β-unsaturated/α-hetero) is 1. The molecule has 0 saturated heterocycles. The van der Waals surface area contributed by atoms with Crippen molar-refractivity contribution in [3.05, 3.63) is 22.4 Å². The molecule has 1 rings (SSSR count). The summed E-state index contributed by atoms with van der Waals surface area (Å²) in [6.07, 6.45) is -0.219. The Morgan fingerprint density at radius 2 is 2.11 bits per heavy atom. The van der Waals surface area contributed by atoms with Gasteiger partial charge in [-0.3, -0.25) is 4.79 Å². The Kier molecular flexibility index (Phi) is 4.90. The van der Waals surface area contributed by atoms with Crippen LogP contribution < -0.4 is 5.32 Å². The third kappa shape index (κ3) is 5.31. The van der Waals surface area contributed by atoms with Crippen molar-refractivity contribution >= 4 is 23.2 Å². The molecule has 1 atom stereocenters. The van der Waals surface area contributed by atoms with Gasteiger partial charge in [-0.1, -0.05) is 6.07 Å². The van der Waals surface area contributed by atoms with E-state index in [0.29, 0.717) is 6.42 Å². The lowest BCUT2D eigenvalue weighted by atomic mass is 10.1. The Hall–Kier alpha value is -1.36. The molecule has 0 fully saturated rings. The molecule has 1 heterocycles. The van der Waals surface area contributed by atoms with Gasteiger partial charge in [0, 0.05) is 11.3 Å². The molecule has 0 aliphatic heterocycles. The molecule has 100 valence electrons. The van der Waals surface area contributed by atoms with E-state index in [-0.39, 0.29) is 5.78 Å². The third-order valence-corrected chi connectivity index (χ3v) is 3.02. The molecule has 0 saturated carbocycles. The van der Waals surface area contributed by atoms with Crippen LogP contribution in [0, 0.1) is 0 Å². The maximum Gasteiger partial charge on any atom is 0.408 e. The number of thiophene rings is 1. The Balaban J connectivity index is 2.42. The van der Waals surface area contributed by atoms with E-state index in [1.807, 2.05) is 17.5 Å². The van der Waals surface area contributed by atoms with Crippen LogP contribution in [0.5, 0.6) is 0 Å². The fourth-order valence-corrected chi connectivity index (χ4v) is 2.02. The highest BCUT2D eigenvalue weighted by Crippen LogP contribution is 2.11. The fourth-order valence-electron chi connectivity index (χ4n) is 1.30. The monoisotopic (exact) mass is 269 g/mol. The number of ether oxygens (including phenoxy) is 1. The second-order valence-corrected chi connectivity index (χ2v) is 6.12. The first kappa shape index (κ1) is 14.7. The molecule has 1 aromatic heterocycles. The van der Waals surface area contributed by atoms with Crippen molar-refractivity contribution in [3.63, 3.8) is 0 Å². The van der Waals surface area contributed by atoms with Gasteiger partial charge in [0.2, 0.25) is 0 Å². The lowest BCUT2D eigenvalue weighted by molar-refractivity contribution is -0.120. The number of hydrogen-bond donors (Lipinski definition) is 1. The molecule has 0 aromatic carbocycles. The second kappa shape index (κ2) is 6.00. The molecular formula is C13H19NO3S. The molecule has 18 heavy (non-hydrogen) atoms. The molecular weight excluding hydrogens is 250 g/mol. The number of amides is 1. The topological polar surface area (TPSA) is 55.4 Å². The zero-order valence-electron chi connectivity index (χ0n) is 11.1.